The Balaban J connectivity index is 2.37. The summed E-state index contributed by atoms with van der Waals surface area (Å²) in [7, 11) is 0. The number of carbonyl (C=O) groups is 2. The minimum Gasteiger partial charge on any atom is -0.399 e. The van der Waals surface area contributed by atoms with Crippen molar-refractivity contribution in [2.75, 3.05) is 17.2 Å². The van der Waals surface area contributed by atoms with Gasteiger partial charge in [0.05, 0.1) is 6.54 Å². The summed E-state index contributed by atoms with van der Waals surface area (Å²) in [5, 5.41) is 2.47. The Morgan fingerprint density at radius 3 is 2.88 bits per heavy atom. The molecule has 0 radical (unpaired) electrons. The van der Waals surface area contributed by atoms with Crippen LogP contribution >= 0.6 is 11.6 Å². The van der Waals surface area contributed by atoms with Crippen molar-refractivity contribution < 1.29 is 9.59 Å². The van der Waals surface area contributed by atoms with Gasteiger partial charge in [-0.3, -0.25) is 14.9 Å². The number of amides is 2. The van der Waals surface area contributed by atoms with E-state index in [2.05, 4.69) is 10.3 Å². The summed E-state index contributed by atoms with van der Waals surface area (Å²) in [6.07, 6.45) is 0. The number of aromatic nitrogens is 1. The normalized spacial score (nSPS) is 20.4. The van der Waals surface area contributed by atoms with Gasteiger partial charge >= 0.3 is 0 Å². The predicted octanol–water partition coefficient (Wildman–Crippen LogP) is 0.169. The maximum absolute atomic E-state index is 11.5. The smallest absolute Gasteiger partial charge is 0.249 e. The highest BCUT2D eigenvalue weighted by atomic mass is 35.5. The quantitative estimate of drug-likeness (QED) is 0.551. The lowest BCUT2D eigenvalue weighted by molar-refractivity contribution is -0.132. The van der Waals surface area contributed by atoms with Crippen LogP contribution in [0.3, 0.4) is 0 Å². The van der Waals surface area contributed by atoms with Crippen molar-refractivity contribution in [3.63, 3.8) is 0 Å². The van der Waals surface area contributed by atoms with Crippen LogP contribution in [0.5, 0.6) is 0 Å². The average Bonchev–Trinajstić information content (AvgIpc) is 2.22. The zero-order valence-corrected chi connectivity index (χ0v) is 9.86. The third-order valence-electron chi connectivity index (χ3n) is 2.52. The first-order chi connectivity index (χ1) is 7.97. The van der Waals surface area contributed by atoms with Gasteiger partial charge in [-0.25, -0.2) is 4.98 Å². The summed E-state index contributed by atoms with van der Waals surface area (Å²) in [4.78, 5) is 28.4. The second-order valence-corrected chi connectivity index (χ2v) is 4.18. The van der Waals surface area contributed by atoms with E-state index in [-0.39, 0.29) is 23.5 Å². The predicted molar refractivity (Wildman–Crippen MR) is 63.6 cm³/mol. The largest absolute Gasteiger partial charge is 0.399 e. The molecular formula is C10H11ClN4O2. The number of halogens is 1. The number of carbonyl (C=O) groups excluding carboxylic acids is 2. The number of piperazine rings is 1. The van der Waals surface area contributed by atoms with Gasteiger partial charge in [0.2, 0.25) is 11.8 Å². The Morgan fingerprint density at radius 1 is 1.53 bits per heavy atom. The number of pyridine rings is 1. The Hall–Kier alpha value is -1.82. The Bertz CT molecular complexity index is 471. The first kappa shape index (κ1) is 11.7. The minimum absolute atomic E-state index is 0.0552. The van der Waals surface area contributed by atoms with Crippen LogP contribution in [0.1, 0.15) is 6.92 Å². The number of imide groups is 1. The first-order valence-corrected chi connectivity index (χ1v) is 5.38. The van der Waals surface area contributed by atoms with Crippen molar-refractivity contribution in [3.05, 3.63) is 17.3 Å². The number of rotatable bonds is 1. The zero-order valence-electron chi connectivity index (χ0n) is 9.11. The van der Waals surface area contributed by atoms with Crippen LogP contribution in [0.25, 0.3) is 0 Å². The van der Waals surface area contributed by atoms with Crippen LogP contribution < -0.4 is 16.0 Å². The highest BCUT2D eigenvalue weighted by Crippen LogP contribution is 2.22. The number of nitrogens with zero attached hydrogens (tertiary/aromatic N) is 2. The molecule has 0 aromatic carbocycles. The molecule has 1 aromatic rings. The van der Waals surface area contributed by atoms with Gasteiger partial charge in [-0.2, -0.15) is 0 Å². The molecule has 1 aliphatic heterocycles. The fourth-order valence-electron chi connectivity index (χ4n) is 1.64. The van der Waals surface area contributed by atoms with Crippen molar-refractivity contribution in [2.45, 2.75) is 13.0 Å². The lowest BCUT2D eigenvalue weighted by atomic mass is 10.2. The highest BCUT2D eigenvalue weighted by Gasteiger charge is 2.31. The fraction of sp³-hybridized carbons (Fsp3) is 0.300. The molecule has 6 nitrogen and oxygen atoms in total. The molecule has 1 aliphatic rings. The Labute approximate surface area is 103 Å². The van der Waals surface area contributed by atoms with Gasteiger partial charge in [0.1, 0.15) is 17.0 Å². The molecule has 0 spiro atoms. The first-order valence-electron chi connectivity index (χ1n) is 5.01. The average molecular weight is 255 g/mol. The molecular weight excluding hydrogens is 244 g/mol. The Morgan fingerprint density at radius 2 is 2.24 bits per heavy atom. The van der Waals surface area contributed by atoms with Gasteiger partial charge in [-0.15, -0.1) is 0 Å². The molecule has 0 aliphatic carbocycles. The van der Waals surface area contributed by atoms with E-state index < -0.39 is 6.04 Å². The monoisotopic (exact) mass is 254 g/mol. The zero-order chi connectivity index (χ0) is 12.6. The van der Waals surface area contributed by atoms with E-state index in [1.807, 2.05) is 0 Å². The van der Waals surface area contributed by atoms with E-state index in [0.717, 1.165) is 0 Å². The fourth-order valence-corrected chi connectivity index (χ4v) is 1.86. The van der Waals surface area contributed by atoms with Crippen LogP contribution in [0, 0.1) is 0 Å². The van der Waals surface area contributed by atoms with E-state index in [0.29, 0.717) is 11.5 Å². The second-order valence-electron chi connectivity index (χ2n) is 3.80. The molecule has 1 unspecified atom stereocenters. The number of nitrogens with two attached hydrogens (primary N) is 1. The van der Waals surface area contributed by atoms with Gasteiger partial charge < -0.3 is 10.6 Å². The molecule has 2 rings (SSSR count). The molecule has 0 bridgehead atoms. The molecule has 90 valence electrons. The molecule has 0 saturated carbocycles. The molecule has 1 saturated heterocycles. The molecule has 17 heavy (non-hydrogen) atoms. The summed E-state index contributed by atoms with van der Waals surface area (Å²) in [5.41, 5.74) is 6.08. The summed E-state index contributed by atoms with van der Waals surface area (Å²) in [5.74, 6) is -0.305. The number of nitrogen functional groups attached to an aromatic ring is 1. The van der Waals surface area contributed by atoms with E-state index in [4.69, 9.17) is 17.3 Å². The van der Waals surface area contributed by atoms with Gasteiger partial charge in [-0.1, -0.05) is 11.6 Å². The third-order valence-corrected chi connectivity index (χ3v) is 2.71. The molecule has 1 aromatic heterocycles. The minimum atomic E-state index is -0.488. The van der Waals surface area contributed by atoms with Crippen molar-refractivity contribution in [2.24, 2.45) is 0 Å². The summed E-state index contributed by atoms with van der Waals surface area (Å²) >= 11 is 5.79. The number of hydrogen-bond donors (Lipinski definition) is 2. The SMILES string of the molecule is CC1C(=O)NC(=O)CN1c1cc(N)cc(Cl)n1. The van der Waals surface area contributed by atoms with Crippen molar-refractivity contribution in [3.8, 4) is 0 Å². The molecule has 2 amide bonds. The van der Waals surface area contributed by atoms with Gasteiger partial charge in [0, 0.05) is 11.8 Å². The van der Waals surface area contributed by atoms with Gasteiger partial charge in [-0.05, 0) is 13.0 Å². The van der Waals surface area contributed by atoms with E-state index >= 15 is 0 Å². The lowest BCUT2D eigenvalue weighted by Gasteiger charge is -2.32. The van der Waals surface area contributed by atoms with Crippen LogP contribution in [0.15, 0.2) is 12.1 Å². The summed E-state index contributed by atoms with van der Waals surface area (Å²) in [6.45, 7) is 1.74. The lowest BCUT2D eigenvalue weighted by Crippen LogP contribution is -2.57. The van der Waals surface area contributed by atoms with Crippen LogP contribution in [0.4, 0.5) is 11.5 Å². The standard InChI is InChI=1S/C10H11ClN4O2/c1-5-10(17)14-9(16)4-15(5)8-3-6(12)2-7(11)13-8/h2-3,5H,4H2,1H3,(H2,12,13)(H,14,16,17). The van der Waals surface area contributed by atoms with Crippen molar-refractivity contribution in [1.82, 2.24) is 10.3 Å². The number of hydrogen-bond acceptors (Lipinski definition) is 5. The van der Waals surface area contributed by atoms with Crippen molar-refractivity contribution >= 4 is 34.9 Å². The molecule has 7 heteroatoms. The number of anilines is 2. The van der Waals surface area contributed by atoms with E-state index in [1.54, 1.807) is 17.9 Å². The topological polar surface area (TPSA) is 88.3 Å². The van der Waals surface area contributed by atoms with Crippen molar-refractivity contribution in [1.29, 1.82) is 0 Å². The van der Waals surface area contributed by atoms with Gasteiger partial charge in [0.25, 0.3) is 0 Å². The molecule has 1 fully saturated rings. The van der Waals surface area contributed by atoms with Crippen LogP contribution in [0.2, 0.25) is 5.15 Å². The third kappa shape index (κ3) is 2.31. The molecule has 2 heterocycles. The maximum Gasteiger partial charge on any atom is 0.249 e. The van der Waals surface area contributed by atoms with E-state index in [1.165, 1.54) is 6.07 Å². The molecule has 1 atom stereocenters. The van der Waals surface area contributed by atoms with Crippen LogP contribution in [-0.4, -0.2) is 29.4 Å². The summed E-state index contributed by atoms with van der Waals surface area (Å²) < 4.78 is 0. The molecule has 3 N–H and O–H groups in total. The van der Waals surface area contributed by atoms with E-state index in [9.17, 15) is 9.59 Å². The number of nitrogens with one attached hydrogen (secondary N) is 1. The highest BCUT2D eigenvalue weighted by molar-refractivity contribution is 6.29. The van der Waals surface area contributed by atoms with Crippen LogP contribution in [-0.2, 0) is 9.59 Å². The maximum atomic E-state index is 11.5. The second kappa shape index (κ2) is 4.21. The van der Waals surface area contributed by atoms with Gasteiger partial charge in [0.15, 0.2) is 0 Å². The summed E-state index contributed by atoms with van der Waals surface area (Å²) in [6, 6.07) is 2.59. The Kier molecular flexibility index (Phi) is 2.89.